The molecular weight excluding hydrogens is 256 g/mol. The van der Waals surface area contributed by atoms with Gasteiger partial charge in [-0.15, -0.1) is 0 Å². The van der Waals surface area contributed by atoms with Crippen molar-refractivity contribution in [2.75, 3.05) is 5.75 Å². The SMILES string of the molecule is CCSC1CCCC1NS(=O)(=O)C(C#N)CC. The lowest BCUT2D eigenvalue weighted by Gasteiger charge is -2.21. The Morgan fingerprint density at radius 2 is 2.18 bits per heavy atom. The Morgan fingerprint density at radius 3 is 2.71 bits per heavy atom. The van der Waals surface area contributed by atoms with Crippen molar-refractivity contribution in [3.8, 4) is 6.07 Å². The Bertz CT molecular complexity index is 375. The molecule has 0 saturated heterocycles. The second-order valence-corrected chi connectivity index (χ2v) is 7.63. The van der Waals surface area contributed by atoms with Gasteiger partial charge in [0.25, 0.3) is 0 Å². The van der Waals surface area contributed by atoms with E-state index in [0.717, 1.165) is 25.0 Å². The van der Waals surface area contributed by atoms with Crippen LogP contribution >= 0.6 is 11.8 Å². The highest BCUT2D eigenvalue weighted by Crippen LogP contribution is 2.30. The second kappa shape index (κ2) is 6.62. The molecule has 1 saturated carbocycles. The van der Waals surface area contributed by atoms with E-state index in [2.05, 4.69) is 11.6 Å². The number of hydrogen-bond donors (Lipinski definition) is 1. The number of rotatable bonds is 6. The van der Waals surface area contributed by atoms with E-state index in [4.69, 9.17) is 5.26 Å². The summed E-state index contributed by atoms with van der Waals surface area (Å²) < 4.78 is 26.6. The van der Waals surface area contributed by atoms with E-state index >= 15 is 0 Å². The van der Waals surface area contributed by atoms with Crippen LogP contribution in [0.15, 0.2) is 0 Å². The summed E-state index contributed by atoms with van der Waals surface area (Å²) in [6, 6.07) is 1.86. The average Bonchev–Trinajstić information content (AvgIpc) is 2.67. The molecule has 1 N–H and O–H groups in total. The summed E-state index contributed by atoms with van der Waals surface area (Å²) in [5, 5.41) is 8.28. The van der Waals surface area contributed by atoms with Crippen molar-refractivity contribution in [3.05, 3.63) is 0 Å². The lowest BCUT2D eigenvalue weighted by molar-refractivity contribution is 0.547. The summed E-state index contributed by atoms with van der Waals surface area (Å²) in [6.45, 7) is 3.80. The summed E-state index contributed by atoms with van der Waals surface area (Å²) in [5.74, 6) is 0.998. The standard InChI is InChI=1S/C11H20N2O2S2/c1-3-9(8-12)17(14,15)13-10-6-5-7-11(10)16-4-2/h9-11,13H,3-7H2,1-2H3. The first-order valence-corrected chi connectivity index (χ1v) is 8.67. The van der Waals surface area contributed by atoms with Crippen molar-refractivity contribution < 1.29 is 8.42 Å². The lowest BCUT2D eigenvalue weighted by Crippen LogP contribution is -2.43. The molecule has 0 aromatic carbocycles. The quantitative estimate of drug-likeness (QED) is 0.804. The fourth-order valence-corrected chi connectivity index (χ4v) is 4.88. The molecule has 0 aliphatic heterocycles. The molecule has 6 heteroatoms. The molecule has 4 nitrogen and oxygen atoms in total. The van der Waals surface area contributed by atoms with Crippen LogP contribution in [0.25, 0.3) is 0 Å². The van der Waals surface area contributed by atoms with Gasteiger partial charge in [-0.2, -0.15) is 17.0 Å². The minimum absolute atomic E-state index is 0.00681. The molecule has 0 amide bonds. The molecule has 0 radical (unpaired) electrons. The molecule has 3 unspecified atom stereocenters. The Hall–Kier alpha value is -0.250. The van der Waals surface area contributed by atoms with Gasteiger partial charge in [0.15, 0.2) is 5.25 Å². The molecule has 0 aromatic heterocycles. The largest absolute Gasteiger partial charge is 0.228 e. The van der Waals surface area contributed by atoms with Crippen molar-refractivity contribution in [2.24, 2.45) is 0 Å². The van der Waals surface area contributed by atoms with E-state index < -0.39 is 15.3 Å². The second-order valence-electron chi connectivity index (χ2n) is 4.22. The van der Waals surface area contributed by atoms with Crippen LogP contribution in [0.3, 0.4) is 0 Å². The lowest BCUT2D eigenvalue weighted by atomic mass is 10.3. The van der Waals surface area contributed by atoms with E-state index in [1.807, 2.05) is 6.07 Å². The van der Waals surface area contributed by atoms with Gasteiger partial charge in [0, 0.05) is 11.3 Å². The van der Waals surface area contributed by atoms with Crippen molar-refractivity contribution in [3.63, 3.8) is 0 Å². The van der Waals surface area contributed by atoms with Gasteiger partial charge in [0.05, 0.1) is 6.07 Å². The Kier molecular flexibility index (Phi) is 5.77. The fourth-order valence-electron chi connectivity index (χ4n) is 2.15. The van der Waals surface area contributed by atoms with E-state index in [-0.39, 0.29) is 6.04 Å². The first kappa shape index (κ1) is 14.8. The maximum Gasteiger partial charge on any atom is 0.228 e. The van der Waals surface area contributed by atoms with Gasteiger partial charge >= 0.3 is 0 Å². The van der Waals surface area contributed by atoms with Gasteiger partial charge in [-0.1, -0.05) is 20.3 Å². The molecule has 98 valence electrons. The van der Waals surface area contributed by atoms with Crippen LogP contribution in [0.2, 0.25) is 0 Å². The summed E-state index contributed by atoms with van der Waals surface area (Å²) >= 11 is 1.80. The highest BCUT2D eigenvalue weighted by molar-refractivity contribution is 8.00. The van der Waals surface area contributed by atoms with Crippen molar-refractivity contribution in [2.45, 2.75) is 56.1 Å². The third kappa shape index (κ3) is 3.87. The van der Waals surface area contributed by atoms with E-state index in [1.54, 1.807) is 18.7 Å². The molecule has 17 heavy (non-hydrogen) atoms. The normalized spacial score (nSPS) is 26.6. The highest BCUT2D eigenvalue weighted by atomic mass is 32.2. The molecule has 3 atom stereocenters. The number of nitrogens with one attached hydrogen (secondary N) is 1. The minimum Gasteiger partial charge on any atom is -0.211 e. The number of nitriles is 1. The summed E-state index contributed by atoms with van der Waals surface area (Å²) in [5.41, 5.74) is 0. The van der Waals surface area contributed by atoms with Gasteiger partial charge in [-0.25, -0.2) is 13.1 Å². The van der Waals surface area contributed by atoms with Crippen molar-refractivity contribution in [1.29, 1.82) is 5.26 Å². The van der Waals surface area contributed by atoms with Gasteiger partial charge in [-0.05, 0) is 25.0 Å². The number of nitrogens with zero attached hydrogens (tertiary/aromatic N) is 1. The van der Waals surface area contributed by atoms with Gasteiger partial charge in [0.1, 0.15) is 0 Å². The van der Waals surface area contributed by atoms with Gasteiger partial charge < -0.3 is 0 Å². The Morgan fingerprint density at radius 1 is 1.47 bits per heavy atom. The topological polar surface area (TPSA) is 70.0 Å². The van der Waals surface area contributed by atoms with E-state index in [0.29, 0.717) is 11.7 Å². The van der Waals surface area contributed by atoms with E-state index in [1.165, 1.54) is 0 Å². The minimum atomic E-state index is -3.48. The molecule has 1 aliphatic carbocycles. The van der Waals surface area contributed by atoms with Crippen molar-refractivity contribution >= 4 is 21.8 Å². The van der Waals surface area contributed by atoms with Gasteiger partial charge in [-0.3, -0.25) is 0 Å². The van der Waals surface area contributed by atoms with Crippen LogP contribution in [0.1, 0.15) is 39.5 Å². The van der Waals surface area contributed by atoms with Crippen LogP contribution in [0, 0.1) is 11.3 Å². The third-order valence-electron chi connectivity index (χ3n) is 3.04. The van der Waals surface area contributed by atoms with E-state index in [9.17, 15) is 8.42 Å². The van der Waals surface area contributed by atoms with Crippen LogP contribution in [0.5, 0.6) is 0 Å². The molecule has 0 spiro atoms. The number of sulfonamides is 1. The molecule has 1 rings (SSSR count). The Labute approximate surface area is 108 Å². The average molecular weight is 276 g/mol. The summed E-state index contributed by atoms with van der Waals surface area (Å²) in [7, 11) is -3.48. The van der Waals surface area contributed by atoms with Crippen LogP contribution in [-0.2, 0) is 10.0 Å². The zero-order valence-electron chi connectivity index (χ0n) is 10.3. The van der Waals surface area contributed by atoms with Crippen molar-refractivity contribution in [1.82, 2.24) is 4.72 Å². The maximum atomic E-state index is 12.0. The molecule has 0 bridgehead atoms. The molecule has 0 aromatic rings. The number of thioether (sulfide) groups is 1. The van der Waals surface area contributed by atoms with Crippen LogP contribution in [-0.4, -0.2) is 30.7 Å². The van der Waals surface area contributed by atoms with Crippen LogP contribution < -0.4 is 4.72 Å². The summed E-state index contributed by atoms with van der Waals surface area (Å²) in [6.07, 6.45) is 3.35. The highest BCUT2D eigenvalue weighted by Gasteiger charge is 2.33. The van der Waals surface area contributed by atoms with Gasteiger partial charge in [0.2, 0.25) is 10.0 Å². The molecule has 1 aliphatic rings. The predicted octanol–water partition coefficient (Wildman–Crippen LogP) is 1.88. The zero-order valence-corrected chi connectivity index (χ0v) is 12.0. The Balaban J connectivity index is 2.67. The molecule has 1 fully saturated rings. The zero-order chi connectivity index (χ0) is 12.9. The monoisotopic (exact) mass is 276 g/mol. The third-order valence-corrected chi connectivity index (χ3v) is 6.18. The first-order chi connectivity index (χ1) is 8.05. The first-order valence-electron chi connectivity index (χ1n) is 6.07. The summed E-state index contributed by atoms with van der Waals surface area (Å²) in [4.78, 5) is 0. The van der Waals surface area contributed by atoms with Crippen LogP contribution in [0.4, 0.5) is 0 Å². The molecular formula is C11H20N2O2S2. The molecule has 0 heterocycles. The number of hydrogen-bond acceptors (Lipinski definition) is 4. The smallest absolute Gasteiger partial charge is 0.211 e. The maximum absolute atomic E-state index is 12.0. The fraction of sp³-hybridized carbons (Fsp3) is 0.909. The predicted molar refractivity (Wildman–Crippen MR) is 71.3 cm³/mol.